The Bertz CT molecular complexity index is 586. The van der Waals surface area contributed by atoms with Crippen molar-refractivity contribution in [2.75, 3.05) is 17.2 Å². The van der Waals surface area contributed by atoms with Crippen LogP contribution in [0.1, 0.15) is 32.0 Å². The van der Waals surface area contributed by atoms with Crippen LogP contribution in [0.3, 0.4) is 0 Å². The standard InChI is InChI=1S/C16H21ClN4/c1-3-4-5-9-18-15-11-16(20-12(2)19-15)21-14-8-6-7-13(17)10-14/h6-8,10-11H,3-5,9H2,1-2H3,(H2,18,19,20,21). The molecule has 0 unspecified atom stereocenters. The Morgan fingerprint density at radius 3 is 2.67 bits per heavy atom. The van der Waals surface area contributed by atoms with E-state index in [9.17, 15) is 0 Å². The number of hydrogen-bond acceptors (Lipinski definition) is 4. The zero-order valence-electron chi connectivity index (χ0n) is 12.5. The van der Waals surface area contributed by atoms with Crippen LogP contribution in [0, 0.1) is 6.92 Å². The molecule has 0 spiro atoms. The highest BCUT2D eigenvalue weighted by atomic mass is 35.5. The maximum absolute atomic E-state index is 5.99. The van der Waals surface area contributed by atoms with Crippen LogP contribution in [0.2, 0.25) is 5.02 Å². The summed E-state index contributed by atoms with van der Waals surface area (Å²) < 4.78 is 0. The van der Waals surface area contributed by atoms with E-state index in [1.165, 1.54) is 12.8 Å². The van der Waals surface area contributed by atoms with Crippen molar-refractivity contribution < 1.29 is 0 Å². The SMILES string of the molecule is CCCCCNc1cc(Nc2cccc(Cl)c2)nc(C)n1. The van der Waals surface area contributed by atoms with E-state index < -0.39 is 0 Å². The van der Waals surface area contributed by atoms with E-state index in [1.54, 1.807) is 0 Å². The van der Waals surface area contributed by atoms with E-state index in [1.807, 2.05) is 37.3 Å². The molecule has 21 heavy (non-hydrogen) atoms. The van der Waals surface area contributed by atoms with Gasteiger partial charge in [-0.2, -0.15) is 0 Å². The third-order valence-corrected chi connectivity index (χ3v) is 3.26. The summed E-state index contributed by atoms with van der Waals surface area (Å²) in [5, 5.41) is 7.29. The largest absolute Gasteiger partial charge is 0.370 e. The summed E-state index contributed by atoms with van der Waals surface area (Å²) in [5.41, 5.74) is 0.914. The Kier molecular flexibility index (Phi) is 5.81. The molecule has 1 aromatic heterocycles. The lowest BCUT2D eigenvalue weighted by atomic mass is 10.2. The zero-order chi connectivity index (χ0) is 15.1. The second-order valence-electron chi connectivity index (χ2n) is 4.95. The van der Waals surface area contributed by atoms with Crippen molar-refractivity contribution >= 4 is 28.9 Å². The first kappa shape index (κ1) is 15.6. The Hall–Kier alpha value is -1.81. The number of aryl methyl sites for hydroxylation is 1. The van der Waals surface area contributed by atoms with E-state index in [0.29, 0.717) is 5.02 Å². The maximum Gasteiger partial charge on any atom is 0.136 e. The van der Waals surface area contributed by atoms with Gasteiger partial charge in [0.1, 0.15) is 17.5 Å². The summed E-state index contributed by atoms with van der Waals surface area (Å²) in [6.45, 7) is 5.02. The van der Waals surface area contributed by atoms with E-state index in [2.05, 4.69) is 27.5 Å². The Balaban J connectivity index is 2.04. The fourth-order valence-corrected chi connectivity index (χ4v) is 2.22. The number of nitrogens with zero attached hydrogens (tertiary/aromatic N) is 2. The monoisotopic (exact) mass is 304 g/mol. The highest BCUT2D eigenvalue weighted by Crippen LogP contribution is 2.20. The van der Waals surface area contributed by atoms with Crippen molar-refractivity contribution in [1.82, 2.24) is 9.97 Å². The Labute approximate surface area is 131 Å². The van der Waals surface area contributed by atoms with Gasteiger partial charge in [0, 0.05) is 23.3 Å². The highest BCUT2D eigenvalue weighted by Gasteiger charge is 2.02. The smallest absolute Gasteiger partial charge is 0.136 e. The number of anilines is 3. The van der Waals surface area contributed by atoms with Crippen molar-refractivity contribution in [2.45, 2.75) is 33.1 Å². The molecule has 0 saturated carbocycles. The summed E-state index contributed by atoms with van der Waals surface area (Å²) in [6.07, 6.45) is 3.59. The summed E-state index contributed by atoms with van der Waals surface area (Å²) in [6, 6.07) is 9.49. The second kappa shape index (κ2) is 7.84. The second-order valence-corrected chi connectivity index (χ2v) is 5.39. The van der Waals surface area contributed by atoms with Gasteiger partial charge in [0.05, 0.1) is 0 Å². The highest BCUT2D eigenvalue weighted by molar-refractivity contribution is 6.30. The molecular weight excluding hydrogens is 284 g/mol. The lowest BCUT2D eigenvalue weighted by Gasteiger charge is -2.10. The number of unbranched alkanes of at least 4 members (excludes halogenated alkanes) is 2. The molecule has 1 heterocycles. The van der Waals surface area contributed by atoms with Gasteiger partial charge in [-0.15, -0.1) is 0 Å². The lowest BCUT2D eigenvalue weighted by Crippen LogP contribution is -2.06. The van der Waals surface area contributed by atoms with Gasteiger partial charge in [0.25, 0.3) is 0 Å². The van der Waals surface area contributed by atoms with Crippen molar-refractivity contribution in [3.05, 3.63) is 41.2 Å². The van der Waals surface area contributed by atoms with E-state index in [4.69, 9.17) is 11.6 Å². The van der Waals surface area contributed by atoms with Gasteiger partial charge < -0.3 is 10.6 Å². The Morgan fingerprint density at radius 1 is 1.10 bits per heavy atom. The molecule has 112 valence electrons. The van der Waals surface area contributed by atoms with Gasteiger partial charge in [0.15, 0.2) is 0 Å². The molecule has 2 N–H and O–H groups in total. The molecule has 2 rings (SSSR count). The van der Waals surface area contributed by atoms with Crippen LogP contribution in [0.15, 0.2) is 30.3 Å². The first-order valence-corrected chi connectivity index (χ1v) is 7.67. The van der Waals surface area contributed by atoms with E-state index in [-0.39, 0.29) is 0 Å². The predicted octanol–water partition coefficient (Wildman–Crippen LogP) is 4.78. The van der Waals surface area contributed by atoms with Gasteiger partial charge in [0.2, 0.25) is 0 Å². The Morgan fingerprint density at radius 2 is 1.90 bits per heavy atom. The molecule has 0 atom stereocenters. The van der Waals surface area contributed by atoms with Crippen molar-refractivity contribution in [3.8, 4) is 0 Å². The molecule has 0 aliphatic rings. The van der Waals surface area contributed by atoms with Crippen LogP contribution in [0.25, 0.3) is 0 Å². The fraction of sp³-hybridized carbons (Fsp3) is 0.375. The number of aromatic nitrogens is 2. The van der Waals surface area contributed by atoms with Gasteiger partial charge in [-0.25, -0.2) is 9.97 Å². The number of nitrogens with one attached hydrogen (secondary N) is 2. The minimum absolute atomic E-state index is 0.698. The number of halogens is 1. The number of benzene rings is 1. The molecule has 0 aliphatic heterocycles. The van der Waals surface area contributed by atoms with Crippen LogP contribution < -0.4 is 10.6 Å². The number of rotatable bonds is 7. The summed E-state index contributed by atoms with van der Waals surface area (Å²) in [7, 11) is 0. The quantitative estimate of drug-likeness (QED) is 0.722. The van der Waals surface area contributed by atoms with Crippen LogP contribution >= 0.6 is 11.6 Å². The molecule has 0 bridgehead atoms. The molecule has 0 fully saturated rings. The molecule has 0 aliphatic carbocycles. The van der Waals surface area contributed by atoms with Gasteiger partial charge in [-0.1, -0.05) is 37.4 Å². The van der Waals surface area contributed by atoms with Crippen LogP contribution in [-0.4, -0.2) is 16.5 Å². The zero-order valence-corrected chi connectivity index (χ0v) is 13.2. The average Bonchev–Trinajstić information content (AvgIpc) is 2.43. The maximum atomic E-state index is 5.99. The first-order chi connectivity index (χ1) is 10.2. The van der Waals surface area contributed by atoms with Crippen LogP contribution in [0.5, 0.6) is 0 Å². The normalized spacial score (nSPS) is 10.4. The predicted molar refractivity (Wildman–Crippen MR) is 89.5 cm³/mol. The average molecular weight is 305 g/mol. The molecule has 0 radical (unpaired) electrons. The van der Waals surface area contributed by atoms with Gasteiger partial charge >= 0.3 is 0 Å². The molecule has 2 aromatic rings. The van der Waals surface area contributed by atoms with Crippen LogP contribution in [-0.2, 0) is 0 Å². The lowest BCUT2D eigenvalue weighted by molar-refractivity contribution is 0.742. The number of hydrogen-bond donors (Lipinski definition) is 2. The summed E-state index contributed by atoms with van der Waals surface area (Å²) >= 11 is 5.99. The van der Waals surface area contributed by atoms with Gasteiger partial charge in [-0.05, 0) is 31.5 Å². The molecule has 1 aromatic carbocycles. The van der Waals surface area contributed by atoms with Crippen LogP contribution in [0.4, 0.5) is 17.3 Å². The third-order valence-electron chi connectivity index (χ3n) is 3.02. The third kappa shape index (κ3) is 5.23. The summed E-state index contributed by atoms with van der Waals surface area (Å²) in [4.78, 5) is 8.80. The summed E-state index contributed by atoms with van der Waals surface area (Å²) in [5.74, 6) is 2.35. The van der Waals surface area contributed by atoms with Gasteiger partial charge in [-0.3, -0.25) is 0 Å². The van der Waals surface area contributed by atoms with Crippen molar-refractivity contribution in [2.24, 2.45) is 0 Å². The van der Waals surface area contributed by atoms with E-state index >= 15 is 0 Å². The molecule has 0 amide bonds. The van der Waals surface area contributed by atoms with Crippen molar-refractivity contribution in [3.63, 3.8) is 0 Å². The van der Waals surface area contributed by atoms with Crippen molar-refractivity contribution in [1.29, 1.82) is 0 Å². The first-order valence-electron chi connectivity index (χ1n) is 7.29. The fourth-order valence-electron chi connectivity index (χ4n) is 2.03. The minimum Gasteiger partial charge on any atom is -0.370 e. The molecule has 0 saturated heterocycles. The molecule has 5 heteroatoms. The molecular formula is C16H21ClN4. The minimum atomic E-state index is 0.698. The topological polar surface area (TPSA) is 49.8 Å². The van der Waals surface area contributed by atoms with E-state index in [0.717, 1.165) is 36.1 Å². The molecule has 4 nitrogen and oxygen atoms in total.